The summed E-state index contributed by atoms with van der Waals surface area (Å²) < 4.78 is 31.6. The number of fused-ring (bicyclic) bond motifs is 2. The summed E-state index contributed by atoms with van der Waals surface area (Å²) in [7, 11) is 0. The van der Waals surface area contributed by atoms with E-state index in [-0.39, 0.29) is 29.5 Å². The Kier molecular flexibility index (Phi) is 4.78. The number of hydrogen-bond acceptors (Lipinski definition) is 11. The number of nitrogens with one attached hydrogen (secondary N) is 3. The molecule has 7 N–H and O–H groups in total. The highest BCUT2D eigenvalue weighted by molar-refractivity contribution is 5.99. The molecule has 2 saturated heterocycles. The van der Waals surface area contributed by atoms with Crippen molar-refractivity contribution in [2.24, 2.45) is 17.7 Å². The Morgan fingerprint density at radius 2 is 2.17 bits per heavy atom. The second kappa shape index (κ2) is 8.80. The lowest BCUT2D eigenvalue weighted by molar-refractivity contribution is -0.129. The van der Waals surface area contributed by atoms with Crippen molar-refractivity contribution in [3.8, 4) is 11.1 Å². The van der Waals surface area contributed by atoms with Crippen LogP contribution in [0.25, 0.3) is 22.3 Å². The predicted octanol–water partition coefficient (Wildman–Crippen LogP) is -1.16. The first-order chi connectivity index (χ1) is 18.6. The van der Waals surface area contributed by atoms with Gasteiger partial charge in [-0.1, -0.05) is 30.3 Å². The minimum Gasteiger partial charge on any atom is -0.394 e. The first-order valence-electron chi connectivity index (χ1n) is 13.0. The van der Waals surface area contributed by atoms with E-state index < -0.39 is 56.4 Å². The molecule has 3 aliphatic heterocycles. The number of benzene rings is 1. The highest BCUT2D eigenvalue weighted by Crippen LogP contribution is 2.31. The third-order valence-corrected chi connectivity index (χ3v) is 6.56. The Hall–Kier alpha value is -3.62. The molecular formula is C23H27N9O4. The largest absolute Gasteiger partial charge is 0.394 e. The molecular weight excluding hydrogens is 466 g/mol. The summed E-state index contributed by atoms with van der Waals surface area (Å²) in [4.78, 5) is 27.6. The zero-order valence-corrected chi connectivity index (χ0v) is 18.9. The lowest BCUT2D eigenvalue weighted by atomic mass is 10.1. The van der Waals surface area contributed by atoms with Crippen molar-refractivity contribution >= 4 is 29.0 Å². The fraction of sp³-hybridized carbons (Fsp3) is 0.391. The first-order valence-corrected chi connectivity index (χ1v) is 11.5. The van der Waals surface area contributed by atoms with Crippen LogP contribution in [0.3, 0.4) is 0 Å². The van der Waals surface area contributed by atoms with Gasteiger partial charge in [-0.3, -0.25) is 26.1 Å². The number of guanidine groups is 1. The lowest BCUT2D eigenvalue weighted by Gasteiger charge is -2.38. The molecule has 0 aliphatic carbocycles. The number of ether oxygens (including phenoxy) is 1. The number of rotatable bonds is 4. The zero-order chi connectivity index (χ0) is 27.5. The summed E-state index contributed by atoms with van der Waals surface area (Å²) in [5.41, 5.74) is 7.98. The molecule has 3 aliphatic rings. The van der Waals surface area contributed by atoms with E-state index >= 15 is 0 Å². The van der Waals surface area contributed by atoms with Gasteiger partial charge in [-0.2, -0.15) is 4.98 Å². The van der Waals surface area contributed by atoms with Gasteiger partial charge in [0.15, 0.2) is 11.7 Å². The maximum absolute atomic E-state index is 12.7. The lowest BCUT2D eigenvalue weighted by Crippen LogP contribution is -2.70. The van der Waals surface area contributed by atoms with Crippen molar-refractivity contribution in [1.29, 1.82) is 0 Å². The van der Waals surface area contributed by atoms with E-state index in [1.54, 1.807) is 17.2 Å². The number of aromatic nitrogens is 3. The van der Waals surface area contributed by atoms with Crippen LogP contribution >= 0.6 is 0 Å². The molecule has 0 bridgehead atoms. The molecule has 2 aromatic heterocycles. The molecule has 36 heavy (non-hydrogen) atoms. The summed E-state index contributed by atoms with van der Waals surface area (Å²) in [6, 6.07) is 10.2. The number of nitrogens with zero attached hydrogens (tertiary/aromatic N) is 5. The van der Waals surface area contributed by atoms with Crippen molar-refractivity contribution < 1.29 is 23.9 Å². The molecule has 6 unspecified atom stereocenters. The van der Waals surface area contributed by atoms with Crippen LogP contribution in [-0.4, -0.2) is 85.1 Å². The molecule has 3 aromatic rings. The van der Waals surface area contributed by atoms with Crippen LogP contribution in [0.1, 0.15) is 10.5 Å². The number of carbonyl (C=O) groups is 1. The topological polar surface area (TPSA) is 175 Å². The van der Waals surface area contributed by atoms with Gasteiger partial charge in [0, 0.05) is 29.3 Å². The van der Waals surface area contributed by atoms with Gasteiger partial charge in [0.2, 0.25) is 11.9 Å². The van der Waals surface area contributed by atoms with E-state index in [0.29, 0.717) is 5.56 Å². The molecule has 1 aromatic carbocycles. The number of hydrogen-bond donors (Lipinski definition) is 6. The van der Waals surface area contributed by atoms with Gasteiger partial charge in [0.1, 0.15) is 24.8 Å². The number of nitrogens with two attached hydrogens (primary N) is 1. The van der Waals surface area contributed by atoms with Crippen molar-refractivity contribution in [3.63, 3.8) is 0 Å². The zero-order valence-electron chi connectivity index (χ0n) is 21.9. The van der Waals surface area contributed by atoms with Crippen LogP contribution < -0.4 is 21.7 Å². The first kappa shape index (κ1) is 19.6. The number of anilines is 1. The number of carbonyl (C=O) groups excluding carboxylic acids is 1. The third-order valence-electron chi connectivity index (χ3n) is 6.56. The molecule has 0 radical (unpaired) electrons. The second-order valence-corrected chi connectivity index (χ2v) is 8.85. The number of aliphatic hydroxyl groups excluding tert-OH is 2. The van der Waals surface area contributed by atoms with Gasteiger partial charge in [-0.15, -0.1) is 0 Å². The van der Waals surface area contributed by atoms with Crippen molar-refractivity contribution in [2.75, 3.05) is 11.9 Å². The molecule has 6 atom stereocenters. The molecule has 0 spiro atoms. The Morgan fingerprint density at radius 3 is 2.92 bits per heavy atom. The van der Waals surface area contributed by atoms with E-state index in [2.05, 4.69) is 30.9 Å². The standard InChI is InChI=1S/C23H27N9O4/c1-31-13-7-12(11-5-3-2-4-6-11)9-25-18(13)27-22(31)30-23-26-17-19(28-21(24)29-20(17)35)32(23)16-8-14(34)15(10-33)36-16/h2-7,9,14-17,19,21,28,33-34H,8,10,24H2,1H3,(H,29,35)(H,25,26,27,30)/i1D3. The summed E-state index contributed by atoms with van der Waals surface area (Å²) in [5, 5.41) is 28.5. The van der Waals surface area contributed by atoms with Crippen molar-refractivity contribution in [3.05, 3.63) is 42.6 Å². The maximum atomic E-state index is 12.7. The monoisotopic (exact) mass is 496 g/mol. The number of pyridine rings is 1. The smallest absolute Gasteiger partial charge is 0.250 e. The minimum absolute atomic E-state index is 0.0768. The Morgan fingerprint density at radius 1 is 1.33 bits per heavy atom. The summed E-state index contributed by atoms with van der Waals surface area (Å²) >= 11 is 0. The van der Waals surface area contributed by atoms with Crippen molar-refractivity contribution in [1.82, 2.24) is 30.1 Å². The van der Waals surface area contributed by atoms with Gasteiger partial charge < -0.3 is 24.8 Å². The predicted molar refractivity (Wildman–Crippen MR) is 130 cm³/mol. The SMILES string of the molecule is [2H]C([2H])([2H])n1c(NC2=NC3C(=O)NC(N)NC3N2C2CC(O)C(CO)O2)nc2ncc(-c3ccccc3)cc21. The molecule has 6 rings (SSSR count). The van der Waals surface area contributed by atoms with Gasteiger partial charge in [-0.25, -0.2) is 9.98 Å². The van der Waals surface area contributed by atoms with Gasteiger partial charge in [0.05, 0.1) is 18.2 Å². The summed E-state index contributed by atoms with van der Waals surface area (Å²) in [6.45, 7) is -3.05. The van der Waals surface area contributed by atoms with Gasteiger partial charge >= 0.3 is 0 Å². The molecule has 188 valence electrons. The number of amides is 1. The summed E-state index contributed by atoms with van der Waals surface area (Å²) in [5.74, 6) is -0.433. The van der Waals surface area contributed by atoms with Gasteiger partial charge in [-0.05, 0) is 11.6 Å². The summed E-state index contributed by atoms with van der Waals surface area (Å²) in [6.07, 6.45) is -2.52. The van der Waals surface area contributed by atoms with E-state index in [0.717, 1.165) is 10.1 Å². The highest BCUT2D eigenvalue weighted by atomic mass is 16.5. The molecule has 1 amide bonds. The van der Waals surface area contributed by atoms with Crippen LogP contribution in [0.15, 0.2) is 47.6 Å². The maximum Gasteiger partial charge on any atom is 0.250 e. The number of aryl methyl sites for hydroxylation is 1. The third kappa shape index (κ3) is 3.77. The Bertz CT molecular complexity index is 1430. The van der Waals surface area contributed by atoms with Crippen LogP contribution in [0, 0.1) is 0 Å². The fourth-order valence-corrected chi connectivity index (χ4v) is 4.79. The fourth-order valence-electron chi connectivity index (χ4n) is 4.79. The normalized spacial score (nSPS) is 31.4. The number of aliphatic hydroxyl groups is 2. The molecule has 2 fully saturated rings. The average Bonchev–Trinajstić information content (AvgIpc) is 3.56. The molecule has 0 saturated carbocycles. The minimum atomic E-state index is -2.65. The van der Waals surface area contributed by atoms with Crippen LogP contribution in [0.4, 0.5) is 5.95 Å². The highest BCUT2D eigenvalue weighted by Gasteiger charge is 2.50. The van der Waals surface area contributed by atoms with E-state index in [1.807, 2.05) is 30.3 Å². The Balaban J connectivity index is 1.41. The molecule has 13 nitrogen and oxygen atoms in total. The molecule has 5 heterocycles. The van der Waals surface area contributed by atoms with Gasteiger partial charge in [0.25, 0.3) is 5.91 Å². The number of imidazole rings is 1. The van der Waals surface area contributed by atoms with E-state index in [1.165, 1.54) is 0 Å². The quantitative estimate of drug-likeness (QED) is 0.258. The average molecular weight is 497 g/mol. The van der Waals surface area contributed by atoms with E-state index in [4.69, 9.17) is 14.6 Å². The van der Waals surface area contributed by atoms with Crippen LogP contribution in [0.5, 0.6) is 0 Å². The number of aliphatic imine (C=N–C) groups is 1. The van der Waals surface area contributed by atoms with E-state index in [9.17, 15) is 15.0 Å². The van der Waals surface area contributed by atoms with Crippen LogP contribution in [0.2, 0.25) is 0 Å². The molecule has 13 heteroatoms. The van der Waals surface area contributed by atoms with Crippen LogP contribution in [-0.2, 0) is 16.5 Å². The van der Waals surface area contributed by atoms with Crippen molar-refractivity contribution in [2.45, 2.75) is 43.4 Å². The Labute approximate surface area is 210 Å². The second-order valence-electron chi connectivity index (χ2n) is 8.85.